The summed E-state index contributed by atoms with van der Waals surface area (Å²) in [6.45, 7) is 1.64. The van der Waals surface area contributed by atoms with E-state index in [0.717, 1.165) is 0 Å². The Morgan fingerprint density at radius 3 is 2.52 bits per heavy atom. The number of esters is 2. The molecule has 0 aliphatic carbocycles. The number of amides is 1. The number of nitrogens with zero attached hydrogens (tertiary/aromatic N) is 1. The first-order chi connectivity index (χ1) is 11.9. The van der Waals surface area contributed by atoms with Gasteiger partial charge < -0.3 is 24.8 Å². The van der Waals surface area contributed by atoms with Crippen molar-refractivity contribution in [3.8, 4) is 0 Å². The zero-order valence-corrected chi connectivity index (χ0v) is 14.3. The van der Waals surface area contributed by atoms with Crippen LogP contribution in [0.15, 0.2) is 29.5 Å². The number of carbonyl (C=O) groups excluding carboxylic acids is 3. The minimum absolute atomic E-state index is 0.0217. The first-order valence-electron chi connectivity index (χ1n) is 7.61. The largest absolute Gasteiger partial charge is 0.466 e. The number of nitrogens with one attached hydrogen (secondary N) is 1. The summed E-state index contributed by atoms with van der Waals surface area (Å²) >= 11 is 0. The highest BCUT2D eigenvalue weighted by Crippen LogP contribution is 2.27. The van der Waals surface area contributed by atoms with E-state index in [0.29, 0.717) is 11.3 Å². The van der Waals surface area contributed by atoms with E-state index in [9.17, 15) is 14.4 Å². The molecule has 0 saturated heterocycles. The smallest absolute Gasteiger partial charge is 0.339 e. The van der Waals surface area contributed by atoms with E-state index in [1.165, 1.54) is 19.1 Å². The Morgan fingerprint density at radius 1 is 1.24 bits per heavy atom. The number of aliphatic hydroxyl groups excluding tert-OH is 1. The molecule has 0 fully saturated rings. The third-order valence-corrected chi connectivity index (χ3v) is 3.88. The van der Waals surface area contributed by atoms with Gasteiger partial charge in [0, 0.05) is 6.54 Å². The van der Waals surface area contributed by atoms with E-state index in [1.54, 1.807) is 25.1 Å². The lowest BCUT2D eigenvalue weighted by atomic mass is 10.1. The summed E-state index contributed by atoms with van der Waals surface area (Å²) in [6.07, 6.45) is 0. The van der Waals surface area contributed by atoms with Gasteiger partial charge in [-0.3, -0.25) is 4.79 Å². The molecule has 1 aliphatic heterocycles. The van der Waals surface area contributed by atoms with E-state index >= 15 is 0 Å². The summed E-state index contributed by atoms with van der Waals surface area (Å²) < 4.78 is 9.50. The molecule has 0 spiro atoms. The van der Waals surface area contributed by atoms with Crippen molar-refractivity contribution in [2.24, 2.45) is 0 Å². The number of hydrogen-bond acceptors (Lipinski definition) is 7. The molecule has 0 unspecified atom stereocenters. The number of para-hydroxylation sites is 1. The summed E-state index contributed by atoms with van der Waals surface area (Å²) in [5.74, 6) is -1.66. The predicted molar refractivity (Wildman–Crippen MR) is 88.8 cm³/mol. The van der Waals surface area contributed by atoms with E-state index < -0.39 is 17.8 Å². The summed E-state index contributed by atoms with van der Waals surface area (Å²) in [6, 6.07) is 5.01. The predicted octanol–water partition coefficient (Wildman–Crippen LogP) is 0.455. The van der Waals surface area contributed by atoms with Crippen molar-refractivity contribution in [2.75, 3.05) is 39.2 Å². The van der Waals surface area contributed by atoms with Gasteiger partial charge in [0.25, 0.3) is 5.91 Å². The fourth-order valence-electron chi connectivity index (χ4n) is 2.59. The number of carbonyl (C=O) groups is 3. The van der Waals surface area contributed by atoms with Crippen molar-refractivity contribution >= 4 is 23.5 Å². The summed E-state index contributed by atoms with van der Waals surface area (Å²) in [5.41, 5.74) is 1.49. The minimum Gasteiger partial charge on any atom is -0.466 e. The molecule has 1 aliphatic rings. The Kier molecular flexibility index (Phi) is 5.76. The van der Waals surface area contributed by atoms with Crippen LogP contribution in [0.2, 0.25) is 0 Å². The van der Waals surface area contributed by atoms with Crippen LogP contribution in [-0.4, -0.2) is 61.8 Å². The van der Waals surface area contributed by atoms with Gasteiger partial charge in [-0.1, -0.05) is 12.1 Å². The van der Waals surface area contributed by atoms with E-state index in [2.05, 4.69) is 5.32 Å². The van der Waals surface area contributed by atoms with Gasteiger partial charge in [-0.2, -0.15) is 0 Å². The van der Waals surface area contributed by atoms with Crippen molar-refractivity contribution in [3.63, 3.8) is 0 Å². The van der Waals surface area contributed by atoms with E-state index in [4.69, 9.17) is 14.6 Å². The molecule has 1 heterocycles. The lowest BCUT2D eigenvalue weighted by Crippen LogP contribution is -2.31. The van der Waals surface area contributed by atoms with Crippen LogP contribution in [0.25, 0.3) is 0 Å². The second-order valence-corrected chi connectivity index (χ2v) is 5.41. The van der Waals surface area contributed by atoms with E-state index in [-0.39, 0.29) is 36.5 Å². The average Bonchev–Trinajstić information content (AvgIpc) is 2.92. The van der Waals surface area contributed by atoms with Crippen LogP contribution in [0.5, 0.6) is 0 Å². The molecule has 0 radical (unpaired) electrons. The fraction of sp³-hybridized carbons (Fsp3) is 0.353. The van der Waals surface area contributed by atoms with Crippen LogP contribution >= 0.6 is 0 Å². The van der Waals surface area contributed by atoms with Crippen LogP contribution in [0.3, 0.4) is 0 Å². The quantitative estimate of drug-likeness (QED) is 0.719. The van der Waals surface area contributed by atoms with Gasteiger partial charge in [0.05, 0.1) is 44.2 Å². The van der Waals surface area contributed by atoms with Crippen LogP contribution in [0, 0.1) is 6.92 Å². The zero-order chi connectivity index (χ0) is 18.6. The lowest BCUT2D eigenvalue weighted by molar-refractivity contribution is -0.136. The molecule has 2 N–H and O–H groups in total. The Balaban J connectivity index is 2.47. The lowest BCUT2D eigenvalue weighted by Gasteiger charge is -2.17. The van der Waals surface area contributed by atoms with Gasteiger partial charge in [-0.05, 0) is 18.6 Å². The molecular formula is C17H20N2O6. The Hall–Kier alpha value is -2.87. The summed E-state index contributed by atoms with van der Waals surface area (Å²) in [5, 5.41) is 12.0. The van der Waals surface area contributed by atoms with Crippen LogP contribution in [-0.2, 0) is 19.1 Å². The molecule has 0 atom stereocenters. The molecule has 2 rings (SSSR count). The number of aryl methyl sites for hydroxylation is 1. The molecule has 1 amide bonds. The second-order valence-electron chi connectivity index (χ2n) is 5.41. The van der Waals surface area contributed by atoms with Gasteiger partial charge in [0.1, 0.15) is 5.70 Å². The normalized spacial score (nSPS) is 13.9. The zero-order valence-electron chi connectivity index (χ0n) is 14.3. The average molecular weight is 348 g/mol. The minimum atomic E-state index is -0.649. The van der Waals surface area contributed by atoms with Crippen molar-refractivity contribution in [1.29, 1.82) is 0 Å². The Labute approximate surface area is 145 Å². The number of aliphatic hydroxyl groups is 1. The maximum atomic E-state index is 12.6. The number of anilines is 1. The van der Waals surface area contributed by atoms with Crippen LogP contribution in [0.1, 0.15) is 15.9 Å². The first kappa shape index (κ1) is 18.5. The number of ether oxygens (including phenoxy) is 2. The van der Waals surface area contributed by atoms with Crippen LogP contribution in [0.4, 0.5) is 5.69 Å². The summed E-state index contributed by atoms with van der Waals surface area (Å²) in [7, 11) is 2.48. The molecule has 0 saturated carbocycles. The first-order valence-corrected chi connectivity index (χ1v) is 7.61. The topological polar surface area (TPSA) is 105 Å². The summed E-state index contributed by atoms with van der Waals surface area (Å²) in [4.78, 5) is 37.9. The highest BCUT2D eigenvalue weighted by atomic mass is 16.5. The third-order valence-electron chi connectivity index (χ3n) is 3.88. The van der Waals surface area contributed by atoms with Gasteiger partial charge in [-0.15, -0.1) is 0 Å². The van der Waals surface area contributed by atoms with Crippen molar-refractivity contribution in [3.05, 3.63) is 40.6 Å². The maximum Gasteiger partial charge on any atom is 0.339 e. The highest BCUT2D eigenvalue weighted by molar-refractivity contribution is 6.09. The number of rotatable bonds is 6. The van der Waals surface area contributed by atoms with Crippen molar-refractivity contribution < 1.29 is 29.0 Å². The molecule has 25 heavy (non-hydrogen) atoms. The number of methoxy groups -OCH3 is 2. The molecule has 8 nitrogen and oxygen atoms in total. The molecule has 8 heteroatoms. The molecular weight excluding hydrogens is 328 g/mol. The monoisotopic (exact) mass is 348 g/mol. The van der Waals surface area contributed by atoms with E-state index in [1.807, 2.05) is 0 Å². The molecule has 0 bridgehead atoms. The van der Waals surface area contributed by atoms with Crippen LogP contribution < -0.4 is 5.32 Å². The third kappa shape index (κ3) is 3.63. The number of β-amino-alcohol motifs (C(OH)–C–C–N with tert-alkyl or cyclic N) is 1. The maximum absolute atomic E-state index is 12.6. The Morgan fingerprint density at radius 2 is 1.92 bits per heavy atom. The molecule has 1 aromatic carbocycles. The second kappa shape index (κ2) is 7.80. The van der Waals surface area contributed by atoms with Gasteiger partial charge in [0.2, 0.25) is 0 Å². The molecule has 1 aromatic rings. The van der Waals surface area contributed by atoms with Gasteiger partial charge in [-0.25, -0.2) is 9.59 Å². The van der Waals surface area contributed by atoms with Gasteiger partial charge >= 0.3 is 11.9 Å². The standard InChI is InChI=1S/C17H20N2O6/c1-10-5-4-6-11(16(22)24-2)13(10)18-14-12(17(23)25-3)9-19(7-8-20)15(14)21/h4-6,18,20H,7-9H2,1-3H3. The Bertz CT molecular complexity index is 741. The number of benzene rings is 1. The van der Waals surface area contributed by atoms with Crippen molar-refractivity contribution in [2.45, 2.75) is 6.92 Å². The number of hydrogen-bond donors (Lipinski definition) is 2. The molecule has 134 valence electrons. The fourth-order valence-corrected chi connectivity index (χ4v) is 2.59. The molecule has 0 aromatic heterocycles. The SMILES string of the molecule is COC(=O)C1=C(Nc2c(C)cccc2C(=O)OC)C(=O)N(CCO)C1. The highest BCUT2D eigenvalue weighted by Gasteiger charge is 2.35. The van der Waals surface area contributed by atoms with Gasteiger partial charge in [0.15, 0.2) is 0 Å². The van der Waals surface area contributed by atoms with Crippen molar-refractivity contribution in [1.82, 2.24) is 4.90 Å².